The number of aromatic amines is 1. The van der Waals surface area contributed by atoms with Gasteiger partial charge in [0.05, 0.1) is 29.8 Å². The summed E-state index contributed by atoms with van der Waals surface area (Å²) in [6, 6.07) is 6.32. The molecular formula is C29H34ClN5O5. The number of aryl methyl sites for hydroxylation is 2. The van der Waals surface area contributed by atoms with Crippen LogP contribution in [0.4, 0.5) is 5.82 Å². The quantitative estimate of drug-likeness (QED) is 0.411. The van der Waals surface area contributed by atoms with Crippen LogP contribution in [0.2, 0.25) is 5.02 Å². The van der Waals surface area contributed by atoms with Gasteiger partial charge in [-0.1, -0.05) is 18.5 Å². The molecule has 3 aromatic rings. The number of rotatable bonds is 6. The number of ether oxygens (including phenoxy) is 3. The summed E-state index contributed by atoms with van der Waals surface area (Å²) in [5.74, 6) is 0.711. The minimum atomic E-state index is -0.640. The first-order valence-corrected chi connectivity index (χ1v) is 14.7. The molecule has 10 nitrogen and oxygen atoms in total. The molecule has 3 N–H and O–H groups in total. The lowest BCUT2D eigenvalue weighted by Gasteiger charge is -2.27. The minimum Gasteiger partial charge on any atom is -0.456 e. The highest BCUT2D eigenvalue weighted by Crippen LogP contribution is 2.39. The van der Waals surface area contributed by atoms with E-state index in [1.54, 1.807) is 6.07 Å². The van der Waals surface area contributed by atoms with Gasteiger partial charge < -0.3 is 34.5 Å². The van der Waals surface area contributed by atoms with E-state index < -0.39 is 6.10 Å². The number of amides is 1. The number of aliphatic hydroxyl groups is 1. The number of benzene rings is 1. The molecule has 3 saturated heterocycles. The van der Waals surface area contributed by atoms with Gasteiger partial charge in [0.1, 0.15) is 24.1 Å². The van der Waals surface area contributed by atoms with Crippen LogP contribution in [0.5, 0.6) is 6.01 Å². The van der Waals surface area contributed by atoms with E-state index in [1.165, 1.54) is 23.1 Å². The molecule has 3 aliphatic heterocycles. The number of likely N-dealkylation sites (tertiary alicyclic amines) is 1. The van der Waals surface area contributed by atoms with E-state index in [9.17, 15) is 9.90 Å². The summed E-state index contributed by atoms with van der Waals surface area (Å²) in [6.07, 6.45) is 4.28. The number of imidazole rings is 1. The number of pyridine rings is 1. The van der Waals surface area contributed by atoms with Gasteiger partial charge in [0, 0.05) is 18.7 Å². The Morgan fingerprint density at radius 3 is 2.83 bits per heavy atom. The van der Waals surface area contributed by atoms with E-state index in [0.29, 0.717) is 34.6 Å². The lowest BCUT2D eigenvalue weighted by molar-refractivity contribution is 0.00706. The van der Waals surface area contributed by atoms with Crippen molar-refractivity contribution in [2.45, 2.75) is 75.9 Å². The summed E-state index contributed by atoms with van der Waals surface area (Å²) in [4.78, 5) is 27.6. The summed E-state index contributed by atoms with van der Waals surface area (Å²) < 4.78 is 17.3. The highest BCUT2D eigenvalue weighted by molar-refractivity contribution is 6.33. The molecule has 1 unspecified atom stereocenters. The fourth-order valence-corrected chi connectivity index (χ4v) is 6.83. The predicted octanol–water partition coefficient (Wildman–Crippen LogP) is 3.81. The normalized spacial score (nSPS) is 27.7. The first-order chi connectivity index (χ1) is 19.5. The molecule has 1 aromatic carbocycles. The number of anilines is 1. The van der Waals surface area contributed by atoms with Gasteiger partial charge in [0.2, 0.25) is 0 Å². The average Bonchev–Trinajstić information content (AvgIpc) is 3.74. The lowest BCUT2D eigenvalue weighted by Crippen LogP contribution is -2.35. The number of halogens is 1. The number of fused-ring (bicyclic) bond motifs is 3. The number of nitrogens with zero attached hydrogens (tertiary/aromatic N) is 3. The van der Waals surface area contributed by atoms with Crippen LogP contribution in [-0.2, 0) is 22.3 Å². The lowest BCUT2D eigenvalue weighted by atomic mass is 9.95. The van der Waals surface area contributed by atoms with Crippen LogP contribution >= 0.6 is 11.6 Å². The monoisotopic (exact) mass is 567 g/mol. The third-order valence-corrected chi connectivity index (χ3v) is 8.92. The molecule has 7 rings (SSSR count). The first-order valence-electron chi connectivity index (χ1n) is 14.3. The first kappa shape index (κ1) is 26.0. The average molecular weight is 568 g/mol. The molecule has 3 fully saturated rings. The Bertz CT molecular complexity index is 1440. The minimum absolute atomic E-state index is 0.0414. The Labute approximate surface area is 237 Å². The molecule has 0 saturated carbocycles. The maximum absolute atomic E-state index is 13.2. The highest BCUT2D eigenvalue weighted by Gasteiger charge is 2.48. The summed E-state index contributed by atoms with van der Waals surface area (Å²) in [5, 5.41) is 14.0. The zero-order chi connectivity index (χ0) is 27.4. The van der Waals surface area contributed by atoms with Crippen molar-refractivity contribution in [3.63, 3.8) is 0 Å². The summed E-state index contributed by atoms with van der Waals surface area (Å²) in [6.45, 7) is 4.39. The van der Waals surface area contributed by atoms with Crippen LogP contribution in [0, 0.1) is 0 Å². The molecule has 0 radical (unpaired) electrons. The molecule has 11 heteroatoms. The van der Waals surface area contributed by atoms with Crippen LogP contribution in [0.15, 0.2) is 18.2 Å². The molecule has 1 aliphatic carbocycles. The van der Waals surface area contributed by atoms with Gasteiger partial charge in [-0.05, 0) is 73.4 Å². The zero-order valence-corrected chi connectivity index (χ0v) is 23.2. The molecule has 1 amide bonds. The fraction of sp³-hybridized carbons (Fsp3) is 0.552. The molecule has 4 aliphatic rings. The molecule has 5 atom stereocenters. The molecule has 5 heterocycles. The van der Waals surface area contributed by atoms with Gasteiger partial charge in [-0.15, -0.1) is 0 Å². The predicted molar refractivity (Wildman–Crippen MR) is 149 cm³/mol. The third kappa shape index (κ3) is 4.60. The van der Waals surface area contributed by atoms with Crippen LogP contribution in [0.1, 0.15) is 65.7 Å². The van der Waals surface area contributed by atoms with Crippen LogP contribution in [-0.4, -0.2) is 81.6 Å². The highest BCUT2D eigenvalue weighted by atomic mass is 35.5. The van der Waals surface area contributed by atoms with Crippen LogP contribution < -0.4 is 10.1 Å². The van der Waals surface area contributed by atoms with Crippen molar-refractivity contribution < 1.29 is 24.1 Å². The number of H-pyrrole nitrogens is 1. The molecular weight excluding hydrogens is 534 g/mol. The standard InChI is InChI=1S/C29H34ClN5O5/c1-2-15-10-17(28(37)35-8-4-3-5-9-35)11-16-6-7-19(23(15)16)31-26-18(30)12-20-27(33-26)34-29(32-20)40-22-14-39-24-21(36)13-38-25(22)24/h10-12,19,21-22,24-25,36H,2-9,13-14H2,1H3,(H2,31,32,33,34)/t19?,21-,22-,24-,25-/m1/s1. The van der Waals surface area contributed by atoms with E-state index in [2.05, 4.69) is 34.3 Å². The Balaban J connectivity index is 1.10. The summed E-state index contributed by atoms with van der Waals surface area (Å²) in [7, 11) is 0. The van der Waals surface area contributed by atoms with Crippen LogP contribution in [0.3, 0.4) is 0 Å². The SMILES string of the molecule is CCc1cc(C(=O)N2CCCCC2)cc2c1C(Nc1nc3nc(O[C@@H]4CO[C@H]5[C@@H]4OC[C@H]5O)[nH]c3cc1Cl)CC2. The molecule has 0 bridgehead atoms. The van der Waals surface area contributed by atoms with Crippen molar-refractivity contribution >= 4 is 34.5 Å². The van der Waals surface area contributed by atoms with E-state index in [-0.39, 0.29) is 36.9 Å². The van der Waals surface area contributed by atoms with E-state index in [4.69, 9.17) is 30.8 Å². The number of nitrogens with one attached hydrogen (secondary N) is 2. The van der Waals surface area contributed by atoms with Crippen molar-refractivity contribution in [1.82, 2.24) is 19.9 Å². The topological polar surface area (TPSA) is 122 Å². The number of aromatic nitrogens is 3. The Hall–Kier alpha value is -2.92. The fourth-order valence-electron chi connectivity index (χ4n) is 6.62. The van der Waals surface area contributed by atoms with Gasteiger partial charge in [0.15, 0.2) is 11.8 Å². The zero-order valence-electron chi connectivity index (χ0n) is 22.5. The second-order valence-corrected chi connectivity index (χ2v) is 11.6. The van der Waals surface area contributed by atoms with Crippen molar-refractivity contribution in [1.29, 1.82) is 0 Å². The van der Waals surface area contributed by atoms with Crippen molar-refractivity contribution in [2.75, 3.05) is 31.6 Å². The second kappa shape index (κ2) is 10.5. The Morgan fingerprint density at radius 1 is 1.18 bits per heavy atom. The van der Waals surface area contributed by atoms with Gasteiger partial charge in [-0.2, -0.15) is 4.98 Å². The maximum atomic E-state index is 13.2. The molecule has 2 aromatic heterocycles. The largest absolute Gasteiger partial charge is 0.456 e. The second-order valence-electron chi connectivity index (χ2n) is 11.2. The molecule has 212 valence electrons. The van der Waals surface area contributed by atoms with Crippen LogP contribution in [0.25, 0.3) is 11.2 Å². The smallest absolute Gasteiger partial charge is 0.296 e. The number of hydrogen-bond acceptors (Lipinski definition) is 8. The third-order valence-electron chi connectivity index (χ3n) is 8.63. The summed E-state index contributed by atoms with van der Waals surface area (Å²) in [5.41, 5.74) is 5.61. The Kier molecular flexibility index (Phi) is 6.82. The van der Waals surface area contributed by atoms with E-state index >= 15 is 0 Å². The number of carbonyl (C=O) groups excluding carboxylic acids is 1. The van der Waals surface area contributed by atoms with E-state index in [0.717, 1.165) is 50.8 Å². The molecule has 0 spiro atoms. The van der Waals surface area contributed by atoms with Gasteiger partial charge in [-0.25, -0.2) is 4.98 Å². The Morgan fingerprint density at radius 2 is 2.00 bits per heavy atom. The van der Waals surface area contributed by atoms with Crippen molar-refractivity contribution in [2.24, 2.45) is 0 Å². The summed E-state index contributed by atoms with van der Waals surface area (Å²) >= 11 is 6.67. The maximum Gasteiger partial charge on any atom is 0.296 e. The van der Waals surface area contributed by atoms with Crippen molar-refractivity contribution in [3.05, 3.63) is 45.5 Å². The van der Waals surface area contributed by atoms with E-state index in [1.807, 2.05) is 4.90 Å². The number of aliphatic hydroxyl groups excluding tert-OH is 1. The van der Waals surface area contributed by atoms with Gasteiger partial charge in [-0.3, -0.25) is 4.79 Å². The van der Waals surface area contributed by atoms with Crippen molar-refractivity contribution in [3.8, 4) is 6.01 Å². The molecule has 40 heavy (non-hydrogen) atoms. The van der Waals surface area contributed by atoms with Gasteiger partial charge >= 0.3 is 0 Å². The number of hydrogen-bond donors (Lipinski definition) is 3. The number of piperidine rings is 1. The number of carbonyl (C=O) groups is 1. The van der Waals surface area contributed by atoms with Gasteiger partial charge in [0.25, 0.3) is 11.9 Å².